The molecule has 1 aliphatic heterocycles. The van der Waals surface area contributed by atoms with Gasteiger partial charge < -0.3 is 21.5 Å². The Labute approximate surface area is 178 Å². The van der Waals surface area contributed by atoms with Crippen molar-refractivity contribution in [1.29, 1.82) is 0 Å². The van der Waals surface area contributed by atoms with Crippen LogP contribution in [0.4, 0.5) is 5.69 Å². The van der Waals surface area contributed by atoms with Crippen LogP contribution in [-0.2, 0) is 22.4 Å². The van der Waals surface area contributed by atoms with Crippen LogP contribution in [0.2, 0.25) is 10.0 Å². The predicted molar refractivity (Wildman–Crippen MR) is 113 cm³/mol. The topological polar surface area (TPSA) is 104 Å². The van der Waals surface area contributed by atoms with Gasteiger partial charge in [0, 0.05) is 40.2 Å². The van der Waals surface area contributed by atoms with Crippen LogP contribution in [0.3, 0.4) is 0 Å². The largest absolute Gasteiger partial charge is 0.480 e. The van der Waals surface area contributed by atoms with Gasteiger partial charge in [0.1, 0.15) is 6.04 Å². The number of carbonyl (C=O) groups is 2. The van der Waals surface area contributed by atoms with Gasteiger partial charge in [0.2, 0.25) is 5.91 Å². The third-order valence-electron chi connectivity index (χ3n) is 4.66. The summed E-state index contributed by atoms with van der Waals surface area (Å²) in [5.74, 6) is 1.54. The van der Waals surface area contributed by atoms with E-state index in [1.165, 1.54) is 0 Å². The fourth-order valence-electron chi connectivity index (χ4n) is 3.31. The molecule has 3 rings (SSSR count). The number of amides is 1. The Morgan fingerprint density at radius 3 is 2.55 bits per heavy atom. The van der Waals surface area contributed by atoms with Crippen LogP contribution in [0.25, 0.3) is 0 Å². The van der Waals surface area contributed by atoms with Gasteiger partial charge in [-0.15, -0.1) is 0 Å². The second-order valence-electron chi connectivity index (χ2n) is 6.73. The number of carboxylic acids is 1. The summed E-state index contributed by atoms with van der Waals surface area (Å²) in [7, 11) is 0. The SMILES string of the molecule is NC#CCc1ccc(CC(=O)N[C@H]2C[C@H](C(=O)O)Nc3cc(Cl)cc(Cl)c32)cc1. The van der Waals surface area contributed by atoms with Crippen molar-refractivity contribution in [3.8, 4) is 12.0 Å². The minimum Gasteiger partial charge on any atom is -0.480 e. The molecule has 1 amide bonds. The Bertz CT molecular complexity index is 997. The molecule has 150 valence electrons. The molecule has 1 aliphatic rings. The Kier molecular flexibility index (Phi) is 6.53. The lowest BCUT2D eigenvalue weighted by atomic mass is 9.92. The number of nitrogens with one attached hydrogen (secondary N) is 2. The highest BCUT2D eigenvalue weighted by Crippen LogP contribution is 2.39. The lowest BCUT2D eigenvalue weighted by Gasteiger charge is -2.32. The third kappa shape index (κ3) is 5.14. The molecular formula is C21H19Cl2N3O3. The predicted octanol–water partition coefficient (Wildman–Crippen LogP) is 3.12. The number of aliphatic carboxylic acids is 1. The quantitative estimate of drug-likeness (QED) is 0.429. The molecule has 29 heavy (non-hydrogen) atoms. The van der Waals surface area contributed by atoms with E-state index >= 15 is 0 Å². The molecule has 0 aliphatic carbocycles. The molecule has 5 N–H and O–H groups in total. The van der Waals surface area contributed by atoms with Crippen LogP contribution in [-0.4, -0.2) is 23.0 Å². The molecule has 0 fully saturated rings. The fourth-order valence-corrected chi connectivity index (χ4v) is 3.94. The zero-order valence-electron chi connectivity index (χ0n) is 15.3. The number of hydrogen-bond acceptors (Lipinski definition) is 4. The molecular weight excluding hydrogens is 413 g/mol. The van der Waals surface area contributed by atoms with Crippen molar-refractivity contribution < 1.29 is 14.7 Å². The standard InChI is InChI=1S/C21H19Cl2N3O3/c22-14-9-15(23)20-16(10-14)25-18(21(28)29)11-17(20)26-19(27)8-13-5-3-12(4-6-13)2-1-7-24/h3-6,9-10,17-18,25H,2,8,11,24H2,(H,26,27)(H,28,29)/t17-,18+/m0/s1. The minimum atomic E-state index is -1.01. The van der Waals surface area contributed by atoms with Crippen molar-refractivity contribution in [3.63, 3.8) is 0 Å². The Morgan fingerprint density at radius 1 is 1.21 bits per heavy atom. The molecule has 0 aromatic heterocycles. The number of halogens is 2. The first-order valence-corrected chi connectivity index (χ1v) is 9.67. The lowest BCUT2D eigenvalue weighted by Crippen LogP contribution is -2.41. The first-order valence-electron chi connectivity index (χ1n) is 8.91. The normalized spacial score (nSPS) is 17.3. The summed E-state index contributed by atoms with van der Waals surface area (Å²) in [4.78, 5) is 24.1. The van der Waals surface area contributed by atoms with E-state index in [0.717, 1.165) is 11.1 Å². The molecule has 0 unspecified atom stereocenters. The van der Waals surface area contributed by atoms with Crippen LogP contribution in [0.1, 0.15) is 29.2 Å². The van der Waals surface area contributed by atoms with Gasteiger partial charge in [-0.2, -0.15) is 0 Å². The van der Waals surface area contributed by atoms with Crippen LogP contribution in [0, 0.1) is 12.0 Å². The van der Waals surface area contributed by atoms with Crippen molar-refractivity contribution in [2.45, 2.75) is 31.3 Å². The zero-order chi connectivity index (χ0) is 21.0. The summed E-state index contributed by atoms with van der Waals surface area (Å²) in [6, 6.07) is 11.7. The number of fused-ring (bicyclic) bond motifs is 1. The van der Waals surface area contributed by atoms with Gasteiger partial charge in [-0.3, -0.25) is 4.79 Å². The van der Waals surface area contributed by atoms with E-state index in [1.54, 1.807) is 12.1 Å². The number of hydrogen-bond donors (Lipinski definition) is 4. The summed E-state index contributed by atoms with van der Waals surface area (Å²) in [6.45, 7) is 0. The van der Waals surface area contributed by atoms with Gasteiger partial charge in [-0.25, -0.2) is 4.79 Å². The molecule has 0 spiro atoms. The minimum absolute atomic E-state index is 0.158. The summed E-state index contributed by atoms with van der Waals surface area (Å²) >= 11 is 12.4. The van der Waals surface area contributed by atoms with E-state index in [0.29, 0.717) is 27.7 Å². The number of nitrogens with two attached hydrogens (primary N) is 1. The van der Waals surface area contributed by atoms with Gasteiger partial charge in [-0.05, 0) is 23.3 Å². The molecule has 1 heterocycles. The second-order valence-corrected chi connectivity index (χ2v) is 7.57. The number of benzene rings is 2. The van der Waals surface area contributed by atoms with Crippen molar-refractivity contribution >= 4 is 40.8 Å². The summed E-state index contributed by atoms with van der Waals surface area (Å²) in [6.07, 6.45) is 0.879. The Morgan fingerprint density at radius 2 is 1.90 bits per heavy atom. The Balaban J connectivity index is 1.75. The van der Waals surface area contributed by atoms with E-state index in [1.807, 2.05) is 24.3 Å². The van der Waals surface area contributed by atoms with E-state index < -0.39 is 18.1 Å². The summed E-state index contributed by atoms with van der Waals surface area (Å²) in [5, 5.41) is 16.0. The molecule has 2 aromatic rings. The fraction of sp³-hybridized carbons (Fsp3) is 0.238. The van der Waals surface area contributed by atoms with Crippen molar-refractivity contribution in [3.05, 3.63) is 63.1 Å². The van der Waals surface area contributed by atoms with Crippen LogP contribution in [0.5, 0.6) is 0 Å². The highest BCUT2D eigenvalue weighted by atomic mass is 35.5. The first kappa shape index (κ1) is 20.8. The van der Waals surface area contributed by atoms with Crippen molar-refractivity contribution in [1.82, 2.24) is 5.32 Å². The zero-order valence-corrected chi connectivity index (χ0v) is 16.8. The molecule has 0 saturated carbocycles. The van der Waals surface area contributed by atoms with Crippen LogP contribution >= 0.6 is 23.2 Å². The van der Waals surface area contributed by atoms with Gasteiger partial charge in [0.05, 0.1) is 12.5 Å². The van der Waals surface area contributed by atoms with E-state index in [9.17, 15) is 14.7 Å². The average Bonchev–Trinajstić information content (AvgIpc) is 2.66. The molecule has 2 aromatic carbocycles. The van der Waals surface area contributed by atoms with Crippen molar-refractivity contribution in [2.24, 2.45) is 5.73 Å². The number of carboxylic acid groups (broad SMARTS) is 1. The van der Waals surface area contributed by atoms with Crippen molar-refractivity contribution in [2.75, 3.05) is 5.32 Å². The highest BCUT2D eigenvalue weighted by Gasteiger charge is 2.33. The van der Waals surface area contributed by atoms with Gasteiger partial charge in [0.15, 0.2) is 0 Å². The van der Waals surface area contributed by atoms with Gasteiger partial charge in [0.25, 0.3) is 0 Å². The van der Waals surface area contributed by atoms with E-state index in [2.05, 4.69) is 22.6 Å². The average molecular weight is 432 g/mol. The van der Waals surface area contributed by atoms with Gasteiger partial charge >= 0.3 is 5.97 Å². The summed E-state index contributed by atoms with van der Waals surface area (Å²) < 4.78 is 0. The maximum absolute atomic E-state index is 12.6. The maximum atomic E-state index is 12.6. The molecule has 0 bridgehead atoms. The molecule has 0 radical (unpaired) electrons. The van der Waals surface area contributed by atoms with Gasteiger partial charge in [-0.1, -0.05) is 53.4 Å². The molecule has 0 saturated heterocycles. The molecule has 2 atom stereocenters. The molecule has 8 heteroatoms. The number of rotatable bonds is 5. The second kappa shape index (κ2) is 9.08. The van der Waals surface area contributed by atoms with E-state index in [4.69, 9.17) is 28.9 Å². The number of carbonyl (C=O) groups excluding carboxylic acids is 1. The lowest BCUT2D eigenvalue weighted by molar-refractivity contribution is -0.138. The molecule has 6 nitrogen and oxygen atoms in total. The first-order chi connectivity index (χ1) is 13.9. The summed E-state index contributed by atoms with van der Waals surface area (Å²) in [5.41, 5.74) is 8.16. The Hall–Kier alpha value is -2.88. The van der Waals surface area contributed by atoms with Crippen LogP contribution < -0.4 is 16.4 Å². The monoisotopic (exact) mass is 431 g/mol. The number of anilines is 1. The third-order valence-corrected chi connectivity index (χ3v) is 5.19. The highest BCUT2D eigenvalue weighted by molar-refractivity contribution is 6.35. The smallest absolute Gasteiger partial charge is 0.326 e. The maximum Gasteiger partial charge on any atom is 0.326 e. The van der Waals surface area contributed by atoms with Crippen LogP contribution in [0.15, 0.2) is 36.4 Å². The van der Waals surface area contributed by atoms with E-state index in [-0.39, 0.29) is 18.7 Å².